The van der Waals surface area contributed by atoms with Crippen molar-refractivity contribution in [1.29, 1.82) is 0 Å². The number of hydrogen-bond acceptors (Lipinski definition) is 3. The van der Waals surface area contributed by atoms with Crippen molar-refractivity contribution in [1.82, 2.24) is 9.78 Å². The smallest absolute Gasteiger partial charge is 0.0834 e. The van der Waals surface area contributed by atoms with Crippen LogP contribution in [0.25, 0.3) is 0 Å². The van der Waals surface area contributed by atoms with Crippen molar-refractivity contribution < 1.29 is 4.74 Å². The summed E-state index contributed by atoms with van der Waals surface area (Å²) < 4.78 is 7.01. The first-order chi connectivity index (χ1) is 9.72. The van der Waals surface area contributed by atoms with Crippen molar-refractivity contribution in [2.24, 2.45) is 11.7 Å². The fraction of sp³-hybridized carbons (Fsp3) is 0.800. The third kappa shape index (κ3) is 4.21. The van der Waals surface area contributed by atoms with Crippen molar-refractivity contribution in [3.8, 4) is 0 Å². The lowest BCUT2D eigenvalue weighted by Crippen LogP contribution is -2.21. The van der Waals surface area contributed by atoms with Gasteiger partial charge in [0.05, 0.1) is 30.1 Å². The van der Waals surface area contributed by atoms with Gasteiger partial charge in [-0.2, -0.15) is 5.10 Å². The highest BCUT2D eigenvalue weighted by atomic mass is 35.5. The van der Waals surface area contributed by atoms with E-state index in [1.807, 2.05) is 4.68 Å². The molecule has 1 fully saturated rings. The van der Waals surface area contributed by atoms with Crippen LogP contribution in [0.1, 0.15) is 56.7 Å². The Morgan fingerprint density at radius 3 is 2.75 bits per heavy atom. The molecule has 1 aromatic rings. The molecule has 0 aromatic carbocycles. The number of rotatable bonds is 6. The van der Waals surface area contributed by atoms with Crippen LogP contribution in [0, 0.1) is 5.92 Å². The molecular weight excluding hydrogens is 274 g/mol. The molecule has 1 aromatic heterocycles. The van der Waals surface area contributed by atoms with Crippen molar-refractivity contribution in [2.75, 3.05) is 13.7 Å². The molecule has 0 spiro atoms. The molecule has 4 nitrogen and oxygen atoms in total. The van der Waals surface area contributed by atoms with E-state index >= 15 is 0 Å². The topological polar surface area (TPSA) is 53.1 Å². The van der Waals surface area contributed by atoms with Gasteiger partial charge in [0, 0.05) is 13.2 Å². The fourth-order valence-corrected chi connectivity index (χ4v) is 3.45. The first-order valence-corrected chi connectivity index (χ1v) is 8.06. The molecular formula is C15H26ClN3O. The normalized spacial score (nSPS) is 18.9. The Morgan fingerprint density at radius 2 is 2.10 bits per heavy atom. The number of ether oxygens (including phenoxy) is 1. The molecule has 20 heavy (non-hydrogen) atoms. The quantitative estimate of drug-likeness (QED) is 0.817. The van der Waals surface area contributed by atoms with E-state index in [0.717, 1.165) is 18.0 Å². The lowest BCUT2D eigenvalue weighted by molar-refractivity contribution is 0.181. The van der Waals surface area contributed by atoms with Gasteiger partial charge in [0.15, 0.2) is 0 Å². The largest absolute Gasteiger partial charge is 0.383 e. The van der Waals surface area contributed by atoms with Crippen molar-refractivity contribution in [3.63, 3.8) is 0 Å². The summed E-state index contributed by atoms with van der Waals surface area (Å²) in [5, 5.41) is 4.99. The standard InChI is InChI=1S/C15H26ClN3O/c1-20-9-8-19-15(13(16)11-18-19)14(17)10-12-6-4-2-3-5-7-12/h11-12,14H,2-10,17H2,1H3. The molecule has 1 aliphatic rings. The van der Waals surface area contributed by atoms with Crippen LogP contribution in [0.3, 0.4) is 0 Å². The highest BCUT2D eigenvalue weighted by Crippen LogP contribution is 2.32. The van der Waals surface area contributed by atoms with Gasteiger partial charge in [-0.3, -0.25) is 4.68 Å². The zero-order chi connectivity index (χ0) is 14.4. The van der Waals surface area contributed by atoms with Gasteiger partial charge in [-0.15, -0.1) is 0 Å². The van der Waals surface area contributed by atoms with E-state index in [1.165, 1.54) is 38.5 Å². The van der Waals surface area contributed by atoms with Crippen molar-refractivity contribution >= 4 is 11.6 Å². The molecule has 1 unspecified atom stereocenters. The minimum Gasteiger partial charge on any atom is -0.383 e. The van der Waals surface area contributed by atoms with Crippen LogP contribution in [0.2, 0.25) is 5.02 Å². The molecule has 0 aliphatic heterocycles. The summed E-state index contributed by atoms with van der Waals surface area (Å²) in [7, 11) is 1.69. The second kappa shape index (κ2) is 8.01. The second-order valence-corrected chi connectivity index (χ2v) is 6.20. The first kappa shape index (κ1) is 15.8. The summed E-state index contributed by atoms with van der Waals surface area (Å²) in [5.74, 6) is 0.731. The van der Waals surface area contributed by atoms with Crippen LogP contribution in [0.5, 0.6) is 0 Å². The summed E-state index contributed by atoms with van der Waals surface area (Å²) in [6.07, 6.45) is 10.7. The molecule has 114 valence electrons. The molecule has 0 bridgehead atoms. The van der Waals surface area contributed by atoms with Gasteiger partial charge in [-0.05, 0) is 12.3 Å². The molecule has 0 saturated heterocycles. The Balaban J connectivity index is 2.00. The van der Waals surface area contributed by atoms with Gasteiger partial charge in [-0.1, -0.05) is 50.1 Å². The molecule has 0 radical (unpaired) electrons. The van der Waals surface area contributed by atoms with E-state index in [-0.39, 0.29) is 6.04 Å². The molecule has 1 aliphatic carbocycles. The molecule has 0 amide bonds. The zero-order valence-electron chi connectivity index (χ0n) is 12.4. The lowest BCUT2D eigenvalue weighted by Gasteiger charge is -2.20. The number of halogens is 1. The fourth-order valence-electron chi connectivity index (χ4n) is 3.17. The Kier molecular flexibility index (Phi) is 6.33. The maximum absolute atomic E-state index is 6.41. The maximum Gasteiger partial charge on any atom is 0.0834 e. The van der Waals surface area contributed by atoms with Gasteiger partial charge < -0.3 is 10.5 Å². The van der Waals surface area contributed by atoms with E-state index < -0.39 is 0 Å². The van der Waals surface area contributed by atoms with Gasteiger partial charge in [0.25, 0.3) is 0 Å². The Labute approximate surface area is 126 Å². The number of hydrogen-bond donors (Lipinski definition) is 1. The minimum atomic E-state index is -0.0232. The van der Waals surface area contributed by atoms with Crippen molar-refractivity contribution in [3.05, 3.63) is 16.9 Å². The monoisotopic (exact) mass is 299 g/mol. The predicted molar refractivity (Wildman–Crippen MR) is 81.9 cm³/mol. The highest BCUT2D eigenvalue weighted by molar-refractivity contribution is 6.31. The summed E-state index contributed by atoms with van der Waals surface area (Å²) in [4.78, 5) is 0. The van der Waals surface area contributed by atoms with Gasteiger partial charge in [0.1, 0.15) is 0 Å². The van der Waals surface area contributed by atoms with Gasteiger partial charge in [-0.25, -0.2) is 0 Å². The summed E-state index contributed by atoms with van der Waals surface area (Å²) in [6.45, 7) is 1.33. The molecule has 1 atom stereocenters. The number of aromatic nitrogens is 2. The Hall–Kier alpha value is -0.580. The van der Waals surface area contributed by atoms with E-state index in [4.69, 9.17) is 22.1 Å². The predicted octanol–water partition coefficient (Wildman–Crippen LogP) is 3.54. The first-order valence-electron chi connectivity index (χ1n) is 7.68. The molecule has 5 heteroatoms. The molecule has 2 N–H and O–H groups in total. The average Bonchev–Trinajstić information content (AvgIpc) is 2.63. The number of methoxy groups -OCH3 is 1. The van der Waals surface area contributed by atoms with E-state index in [0.29, 0.717) is 18.2 Å². The summed E-state index contributed by atoms with van der Waals surface area (Å²) in [6, 6.07) is -0.0232. The molecule has 1 heterocycles. The van der Waals surface area contributed by atoms with Crippen LogP contribution in [0.15, 0.2) is 6.20 Å². The SMILES string of the molecule is COCCn1ncc(Cl)c1C(N)CC1CCCCCC1. The maximum atomic E-state index is 6.41. The van der Waals surface area contributed by atoms with Crippen molar-refractivity contribution in [2.45, 2.75) is 57.5 Å². The second-order valence-electron chi connectivity index (χ2n) is 5.79. The Morgan fingerprint density at radius 1 is 1.40 bits per heavy atom. The van der Waals surface area contributed by atoms with E-state index in [2.05, 4.69) is 5.10 Å². The van der Waals surface area contributed by atoms with E-state index in [1.54, 1.807) is 13.3 Å². The lowest BCUT2D eigenvalue weighted by atomic mass is 9.91. The Bertz CT molecular complexity index is 400. The third-order valence-electron chi connectivity index (χ3n) is 4.25. The van der Waals surface area contributed by atoms with E-state index in [9.17, 15) is 0 Å². The molecule has 2 rings (SSSR count). The zero-order valence-corrected chi connectivity index (χ0v) is 13.1. The third-order valence-corrected chi connectivity index (χ3v) is 4.54. The van der Waals surface area contributed by atoms with Gasteiger partial charge >= 0.3 is 0 Å². The molecule has 1 saturated carbocycles. The van der Waals surface area contributed by atoms with Crippen LogP contribution < -0.4 is 5.73 Å². The number of nitrogens with two attached hydrogens (primary N) is 1. The van der Waals surface area contributed by atoms with Gasteiger partial charge in [0.2, 0.25) is 0 Å². The summed E-state index contributed by atoms with van der Waals surface area (Å²) >= 11 is 6.26. The number of nitrogens with zero attached hydrogens (tertiary/aromatic N) is 2. The highest BCUT2D eigenvalue weighted by Gasteiger charge is 2.21. The van der Waals surface area contributed by atoms with Crippen LogP contribution in [-0.2, 0) is 11.3 Å². The van der Waals surface area contributed by atoms with Crippen LogP contribution in [-0.4, -0.2) is 23.5 Å². The van der Waals surface area contributed by atoms with Crippen LogP contribution in [0.4, 0.5) is 0 Å². The average molecular weight is 300 g/mol. The minimum absolute atomic E-state index is 0.0232. The van der Waals surface area contributed by atoms with Crippen LogP contribution >= 0.6 is 11.6 Å². The summed E-state index contributed by atoms with van der Waals surface area (Å²) in [5.41, 5.74) is 7.37.